The number of rotatable bonds is 3. The minimum Gasteiger partial charge on any atom is -0.324 e. The Labute approximate surface area is 177 Å². The van der Waals surface area contributed by atoms with Crippen LogP contribution in [0.2, 0.25) is 5.02 Å². The van der Waals surface area contributed by atoms with Gasteiger partial charge in [-0.15, -0.1) is 0 Å². The summed E-state index contributed by atoms with van der Waals surface area (Å²) in [6.45, 7) is -0.215. The first-order valence-electron chi connectivity index (χ1n) is 9.14. The number of halogens is 1. The Morgan fingerprint density at radius 2 is 1.83 bits per heavy atom. The Hall–Kier alpha value is -3.71. The van der Waals surface area contributed by atoms with Crippen molar-refractivity contribution in [3.05, 3.63) is 105 Å². The number of fused-ring (bicyclic) bond motifs is 1. The maximum Gasteiger partial charge on any atom is 0.270 e. The van der Waals surface area contributed by atoms with Crippen LogP contribution in [-0.2, 0) is 4.79 Å². The van der Waals surface area contributed by atoms with Gasteiger partial charge in [-0.3, -0.25) is 19.7 Å². The molecule has 0 aromatic heterocycles. The van der Waals surface area contributed by atoms with Gasteiger partial charge in [0.2, 0.25) is 5.91 Å². The quantitative estimate of drug-likeness (QED) is 0.500. The van der Waals surface area contributed by atoms with Crippen LogP contribution in [0.25, 0.3) is 0 Å². The number of nitro groups is 1. The molecule has 2 amide bonds. The number of anilines is 1. The normalized spacial score (nSPS) is 15.7. The fourth-order valence-electron chi connectivity index (χ4n) is 3.58. The highest BCUT2D eigenvalue weighted by molar-refractivity contribution is 6.30. The number of benzene rings is 3. The molecule has 0 aliphatic carbocycles. The van der Waals surface area contributed by atoms with Crippen LogP contribution >= 0.6 is 11.6 Å². The number of hydrogen-bond acceptors (Lipinski definition) is 4. The second-order valence-electron chi connectivity index (χ2n) is 6.83. The van der Waals surface area contributed by atoms with E-state index < -0.39 is 16.9 Å². The third-order valence-electron chi connectivity index (χ3n) is 4.89. The Balaban J connectivity index is 1.87. The van der Waals surface area contributed by atoms with Crippen LogP contribution in [0.3, 0.4) is 0 Å². The zero-order chi connectivity index (χ0) is 21.3. The van der Waals surface area contributed by atoms with Crippen LogP contribution in [0.4, 0.5) is 11.4 Å². The fourth-order valence-corrected chi connectivity index (χ4v) is 3.76. The van der Waals surface area contributed by atoms with E-state index in [1.807, 2.05) is 30.3 Å². The average molecular weight is 422 g/mol. The van der Waals surface area contributed by atoms with Gasteiger partial charge in [0, 0.05) is 34.0 Å². The van der Waals surface area contributed by atoms with Crippen LogP contribution in [0.15, 0.2) is 72.8 Å². The SMILES string of the molecule is O=C1CN(C(=O)c2cccc([N+](=O)[O-])c2)C(c2ccccc2)c2cc(Cl)ccc2N1. The molecule has 3 aromatic rings. The molecular weight excluding hydrogens is 406 g/mol. The lowest BCUT2D eigenvalue weighted by molar-refractivity contribution is -0.384. The Kier molecular flexibility index (Phi) is 5.20. The summed E-state index contributed by atoms with van der Waals surface area (Å²) in [6, 6.07) is 19.2. The number of nitrogens with zero attached hydrogens (tertiary/aromatic N) is 2. The number of carbonyl (C=O) groups excluding carboxylic acids is 2. The smallest absolute Gasteiger partial charge is 0.270 e. The van der Waals surface area contributed by atoms with Crippen LogP contribution in [0.5, 0.6) is 0 Å². The van der Waals surface area contributed by atoms with Crippen LogP contribution in [0, 0.1) is 10.1 Å². The largest absolute Gasteiger partial charge is 0.324 e. The molecular formula is C22H16ClN3O4. The standard InChI is InChI=1S/C22H16ClN3O4/c23-16-9-10-19-18(12-16)21(14-5-2-1-3-6-14)25(13-20(27)24-19)22(28)15-7-4-8-17(11-15)26(29)30/h1-12,21H,13H2,(H,24,27). The zero-order valence-corrected chi connectivity index (χ0v) is 16.4. The van der Waals surface area contributed by atoms with E-state index in [4.69, 9.17) is 11.6 Å². The number of nitrogens with one attached hydrogen (secondary N) is 1. The lowest BCUT2D eigenvalue weighted by atomic mass is 9.95. The summed E-state index contributed by atoms with van der Waals surface area (Å²) in [5, 5.41) is 14.4. The summed E-state index contributed by atoms with van der Waals surface area (Å²) in [4.78, 5) is 38.0. The molecule has 1 unspecified atom stereocenters. The number of carbonyl (C=O) groups is 2. The second-order valence-corrected chi connectivity index (χ2v) is 7.27. The van der Waals surface area contributed by atoms with Crippen LogP contribution in [-0.4, -0.2) is 28.2 Å². The molecule has 0 spiro atoms. The number of hydrogen-bond donors (Lipinski definition) is 1. The molecule has 0 radical (unpaired) electrons. The van der Waals surface area contributed by atoms with Gasteiger partial charge < -0.3 is 10.2 Å². The lowest BCUT2D eigenvalue weighted by Gasteiger charge is -2.30. The van der Waals surface area contributed by atoms with E-state index in [0.717, 1.165) is 5.56 Å². The molecule has 8 heteroatoms. The number of amides is 2. The summed E-state index contributed by atoms with van der Waals surface area (Å²) < 4.78 is 0. The van der Waals surface area contributed by atoms with Gasteiger partial charge in [-0.05, 0) is 29.8 Å². The zero-order valence-electron chi connectivity index (χ0n) is 15.6. The molecule has 4 rings (SSSR count). The van der Waals surface area contributed by atoms with Gasteiger partial charge in [0.05, 0.1) is 11.0 Å². The van der Waals surface area contributed by atoms with Gasteiger partial charge in [-0.25, -0.2) is 0 Å². The Morgan fingerprint density at radius 1 is 1.07 bits per heavy atom. The van der Waals surface area contributed by atoms with E-state index in [2.05, 4.69) is 5.32 Å². The van der Waals surface area contributed by atoms with Crippen molar-refractivity contribution < 1.29 is 14.5 Å². The van der Waals surface area contributed by atoms with Crippen molar-refractivity contribution in [3.63, 3.8) is 0 Å². The number of nitro benzene ring substituents is 1. The van der Waals surface area contributed by atoms with E-state index in [0.29, 0.717) is 16.3 Å². The second kappa shape index (κ2) is 7.96. The molecule has 150 valence electrons. The first-order valence-corrected chi connectivity index (χ1v) is 9.51. The summed E-state index contributed by atoms with van der Waals surface area (Å²) in [5.74, 6) is -0.855. The van der Waals surface area contributed by atoms with Crippen molar-refractivity contribution in [1.82, 2.24) is 4.90 Å². The molecule has 0 saturated carbocycles. The van der Waals surface area contributed by atoms with E-state index in [1.54, 1.807) is 18.2 Å². The molecule has 1 N–H and O–H groups in total. The van der Waals surface area contributed by atoms with Gasteiger partial charge in [-0.2, -0.15) is 0 Å². The van der Waals surface area contributed by atoms with Gasteiger partial charge in [-0.1, -0.05) is 48.0 Å². The highest BCUT2D eigenvalue weighted by Crippen LogP contribution is 2.38. The summed E-state index contributed by atoms with van der Waals surface area (Å²) in [7, 11) is 0. The highest BCUT2D eigenvalue weighted by atomic mass is 35.5. The van der Waals surface area contributed by atoms with Crippen molar-refractivity contribution in [1.29, 1.82) is 0 Å². The van der Waals surface area contributed by atoms with Gasteiger partial charge in [0.25, 0.3) is 11.6 Å². The molecule has 1 heterocycles. The monoisotopic (exact) mass is 421 g/mol. The predicted octanol–water partition coefficient (Wildman–Crippen LogP) is 4.43. The van der Waals surface area contributed by atoms with Crippen LogP contribution in [0.1, 0.15) is 27.5 Å². The molecule has 0 bridgehead atoms. The van der Waals surface area contributed by atoms with Crippen molar-refractivity contribution in [2.24, 2.45) is 0 Å². The Morgan fingerprint density at radius 3 is 2.57 bits per heavy atom. The predicted molar refractivity (Wildman–Crippen MR) is 112 cm³/mol. The van der Waals surface area contributed by atoms with Crippen molar-refractivity contribution in [2.45, 2.75) is 6.04 Å². The van der Waals surface area contributed by atoms with Gasteiger partial charge >= 0.3 is 0 Å². The van der Waals surface area contributed by atoms with E-state index in [1.165, 1.54) is 29.2 Å². The molecule has 3 aromatic carbocycles. The number of non-ortho nitro benzene ring substituents is 1. The molecule has 7 nitrogen and oxygen atoms in total. The van der Waals surface area contributed by atoms with Crippen molar-refractivity contribution >= 4 is 34.8 Å². The third-order valence-corrected chi connectivity index (χ3v) is 5.12. The van der Waals surface area contributed by atoms with Crippen molar-refractivity contribution in [2.75, 3.05) is 11.9 Å². The first-order chi connectivity index (χ1) is 14.4. The maximum atomic E-state index is 13.4. The molecule has 0 saturated heterocycles. The molecule has 1 aliphatic rings. The van der Waals surface area contributed by atoms with E-state index in [9.17, 15) is 19.7 Å². The fraction of sp³-hybridized carbons (Fsp3) is 0.0909. The van der Waals surface area contributed by atoms with Gasteiger partial charge in [0.15, 0.2) is 0 Å². The lowest BCUT2D eigenvalue weighted by Crippen LogP contribution is -2.39. The minimum atomic E-state index is -0.606. The highest BCUT2D eigenvalue weighted by Gasteiger charge is 2.34. The molecule has 1 aliphatic heterocycles. The minimum absolute atomic E-state index is 0.128. The van der Waals surface area contributed by atoms with Crippen molar-refractivity contribution in [3.8, 4) is 0 Å². The molecule has 1 atom stereocenters. The van der Waals surface area contributed by atoms with E-state index >= 15 is 0 Å². The summed E-state index contributed by atoms with van der Waals surface area (Å²) in [5.41, 5.74) is 1.95. The summed E-state index contributed by atoms with van der Waals surface area (Å²) >= 11 is 6.23. The average Bonchev–Trinajstić information content (AvgIpc) is 2.89. The Bertz CT molecular complexity index is 1150. The molecule has 0 fully saturated rings. The molecule has 30 heavy (non-hydrogen) atoms. The topological polar surface area (TPSA) is 92.5 Å². The summed E-state index contributed by atoms with van der Waals surface area (Å²) in [6.07, 6.45) is 0. The first kappa shape index (κ1) is 19.6. The third kappa shape index (κ3) is 3.75. The maximum absolute atomic E-state index is 13.4. The van der Waals surface area contributed by atoms with Gasteiger partial charge in [0.1, 0.15) is 6.54 Å². The van der Waals surface area contributed by atoms with Crippen LogP contribution < -0.4 is 5.32 Å². The van der Waals surface area contributed by atoms with E-state index in [-0.39, 0.29) is 23.7 Å².